The Hall–Kier alpha value is -7.86. The van der Waals surface area contributed by atoms with Crippen LogP contribution in [0.5, 0.6) is 0 Å². The van der Waals surface area contributed by atoms with E-state index in [1.807, 2.05) is 36.4 Å². The largest absolute Gasteiger partial charge is 0.309 e. The van der Waals surface area contributed by atoms with E-state index in [-0.39, 0.29) is 0 Å². The second-order valence-electron chi connectivity index (χ2n) is 14.1. The molecule has 0 aliphatic heterocycles. The summed E-state index contributed by atoms with van der Waals surface area (Å²) in [6.07, 6.45) is 0. The van der Waals surface area contributed by atoms with E-state index in [4.69, 9.17) is 0 Å². The van der Waals surface area contributed by atoms with Crippen molar-refractivity contribution < 1.29 is 0 Å². The fourth-order valence-electron chi connectivity index (χ4n) is 8.69. The van der Waals surface area contributed by atoms with E-state index in [1.54, 1.807) is 0 Å². The maximum Gasteiger partial charge on any atom is 0.0992 e. The summed E-state index contributed by atoms with van der Waals surface area (Å²) in [5.74, 6) is 0. The van der Waals surface area contributed by atoms with E-state index < -0.39 is 0 Å². The molecule has 0 bridgehead atoms. The first-order chi connectivity index (χ1) is 27.2. The van der Waals surface area contributed by atoms with Crippen LogP contribution in [0.1, 0.15) is 11.1 Å². The molecule has 0 saturated carbocycles. The lowest BCUT2D eigenvalue weighted by Crippen LogP contribution is -1.98. The minimum absolute atomic E-state index is 0.585. The quantitative estimate of drug-likeness (QED) is 0.184. The molecule has 0 amide bonds. The molecule has 0 spiro atoms. The van der Waals surface area contributed by atoms with Crippen LogP contribution in [-0.2, 0) is 0 Å². The molecular weight excluding hydrogens is 671 g/mol. The molecule has 3 aromatic heterocycles. The molecule has 0 fully saturated rings. The molecule has 0 atom stereocenters. The molecule has 11 rings (SSSR count). The third-order valence-corrected chi connectivity index (χ3v) is 11.0. The Balaban J connectivity index is 1.10. The average Bonchev–Trinajstić information content (AvgIpc) is 3.88. The number of fused-ring (bicyclic) bond motifs is 9. The van der Waals surface area contributed by atoms with Gasteiger partial charge in [-0.1, -0.05) is 91.0 Å². The van der Waals surface area contributed by atoms with Gasteiger partial charge in [0.2, 0.25) is 0 Å². The van der Waals surface area contributed by atoms with Gasteiger partial charge in [0.1, 0.15) is 0 Å². The Morgan fingerprint density at radius 2 is 0.782 bits per heavy atom. The molecule has 55 heavy (non-hydrogen) atoms. The number of aromatic nitrogens is 3. The number of benzene rings is 8. The fraction of sp³-hybridized carbons (Fsp3) is 0. The van der Waals surface area contributed by atoms with Crippen molar-refractivity contribution in [1.29, 1.82) is 10.5 Å². The van der Waals surface area contributed by atoms with Crippen LogP contribution in [0.2, 0.25) is 0 Å². The van der Waals surface area contributed by atoms with Crippen molar-refractivity contribution in [2.75, 3.05) is 0 Å². The van der Waals surface area contributed by atoms with Crippen LogP contribution in [0, 0.1) is 22.7 Å². The number of nitrogens with zero attached hydrogens (tertiary/aromatic N) is 5. The van der Waals surface area contributed by atoms with Crippen molar-refractivity contribution in [3.05, 3.63) is 187 Å². The number of rotatable bonds is 4. The van der Waals surface area contributed by atoms with Crippen LogP contribution in [0.15, 0.2) is 176 Å². The lowest BCUT2D eigenvalue weighted by molar-refractivity contribution is 1.16. The highest BCUT2D eigenvalue weighted by molar-refractivity contribution is 6.13. The van der Waals surface area contributed by atoms with Gasteiger partial charge in [-0.2, -0.15) is 10.5 Å². The summed E-state index contributed by atoms with van der Waals surface area (Å²) >= 11 is 0. The number of hydrogen-bond acceptors (Lipinski definition) is 2. The Morgan fingerprint density at radius 3 is 1.40 bits per heavy atom. The van der Waals surface area contributed by atoms with Crippen LogP contribution in [-0.4, -0.2) is 13.7 Å². The average molecular weight is 700 g/mol. The topological polar surface area (TPSA) is 62.4 Å². The summed E-state index contributed by atoms with van der Waals surface area (Å²) in [5.41, 5.74) is 12.7. The fourth-order valence-corrected chi connectivity index (χ4v) is 8.69. The van der Waals surface area contributed by atoms with Crippen molar-refractivity contribution in [2.24, 2.45) is 0 Å². The number of nitriles is 2. The molecule has 0 aliphatic carbocycles. The molecule has 0 N–H and O–H groups in total. The van der Waals surface area contributed by atoms with E-state index in [2.05, 4.69) is 165 Å². The Morgan fingerprint density at radius 1 is 0.291 bits per heavy atom. The van der Waals surface area contributed by atoms with Crippen molar-refractivity contribution in [2.45, 2.75) is 0 Å². The Bertz CT molecular complexity index is 3420. The van der Waals surface area contributed by atoms with Crippen molar-refractivity contribution >= 4 is 65.4 Å². The molecule has 11 aromatic rings. The second kappa shape index (κ2) is 11.8. The first-order valence-corrected chi connectivity index (χ1v) is 18.3. The van der Waals surface area contributed by atoms with Crippen LogP contribution < -0.4 is 0 Å². The van der Waals surface area contributed by atoms with Gasteiger partial charge in [-0.3, -0.25) is 0 Å². The predicted octanol–water partition coefficient (Wildman–Crippen LogP) is 12.4. The van der Waals surface area contributed by atoms with E-state index in [0.29, 0.717) is 11.1 Å². The van der Waals surface area contributed by atoms with Gasteiger partial charge in [-0.15, -0.1) is 0 Å². The molecule has 5 nitrogen and oxygen atoms in total. The summed E-state index contributed by atoms with van der Waals surface area (Å²) in [6, 6.07) is 66.0. The molecule has 8 aromatic carbocycles. The first-order valence-electron chi connectivity index (χ1n) is 18.3. The zero-order valence-electron chi connectivity index (χ0n) is 29.5. The van der Waals surface area contributed by atoms with Gasteiger partial charge in [0.15, 0.2) is 0 Å². The standard InChI is InChI=1S/C50H29N5/c51-30-32-20-22-43-41-14-3-7-18-47(41)54(50(43)26-32)36-11-9-10-34(27-36)35-24-33(31-52)25-38(28-35)55-48-19-8-4-15-42(48)44-29-37(21-23-49(44)55)53-45-16-5-1-12-39(45)40-13-2-6-17-46(40)53/h1-29H. The SMILES string of the molecule is N#Cc1cc(-c2cccc(-n3c4ccccc4c4ccc(C#N)cc43)c2)cc(-n2c3ccccc3c3cc(-n4c5ccccc5c5ccccc54)ccc32)c1. The monoisotopic (exact) mass is 699 g/mol. The van der Waals surface area contributed by atoms with Crippen molar-refractivity contribution in [3.63, 3.8) is 0 Å². The lowest BCUT2D eigenvalue weighted by atomic mass is 10.0. The third kappa shape index (κ3) is 4.58. The molecule has 0 saturated heterocycles. The van der Waals surface area contributed by atoms with Gasteiger partial charge in [-0.05, 0) is 96.1 Å². The van der Waals surface area contributed by atoms with Gasteiger partial charge in [0.05, 0.1) is 56.4 Å². The Labute approximate surface area is 316 Å². The van der Waals surface area contributed by atoms with Gasteiger partial charge in [-0.25, -0.2) is 0 Å². The van der Waals surface area contributed by atoms with Crippen LogP contribution >= 0.6 is 0 Å². The summed E-state index contributed by atoms with van der Waals surface area (Å²) in [7, 11) is 0. The van der Waals surface area contributed by atoms with Gasteiger partial charge in [0.25, 0.3) is 0 Å². The van der Waals surface area contributed by atoms with Crippen molar-refractivity contribution in [1.82, 2.24) is 13.7 Å². The van der Waals surface area contributed by atoms with Crippen LogP contribution in [0.4, 0.5) is 0 Å². The minimum Gasteiger partial charge on any atom is -0.309 e. The normalized spacial score (nSPS) is 11.6. The molecule has 254 valence electrons. The van der Waals surface area contributed by atoms with E-state index >= 15 is 0 Å². The molecule has 3 heterocycles. The number of para-hydroxylation sites is 4. The van der Waals surface area contributed by atoms with Crippen molar-refractivity contribution in [3.8, 4) is 40.3 Å². The summed E-state index contributed by atoms with van der Waals surface area (Å²) in [4.78, 5) is 0. The maximum absolute atomic E-state index is 10.4. The predicted molar refractivity (Wildman–Crippen MR) is 224 cm³/mol. The van der Waals surface area contributed by atoms with Crippen LogP contribution in [0.25, 0.3) is 93.6 Å². The molecule has 5 heteroatoms. The smallest absolute Gasteiger partial charge is 0.0992 e. The van der Waals surface area contributed by atoms with E-state index in [1.165, 1.54) is 21.8 Å². The van der Waals surface area contributed by atoms with Gasteiger partial charge in [0, 0.05) is 49.4 Å². The number of hydrogen-bond donors (Lipinski definition) is 0. The maximum atomic E-state index is 10.4. The third-order valence-electron chi connectivity index (χ3n) is 11.0. The van der Waals surface area contributed by atoms with Gasteiger partial charge >= 0.3 is 0 Å². The highest BCUT2D eigenvalue weighted by Gasteiger charge is 2.18. The first kappa shape index (κ1) is 30.7. The molecule has 0 aliphatic rings. The molecule has 0 radical (unpaired) electrons. The van der Waals surface area contributed by atoms with Crippen LogP contribution in [0.3, 0.4) is 0 Å². The lowest BCUT2D eigenvalue weighted by Gasteiger charge is -2.14. The van der Waals surface area contributed by atoms with E-state index in [9.17, 15) is 10.5 Å². The van der Waals surface area contributed by atoms with E-state index in [0.717, 1.165) is 71.8 Å². The summed E-state index contributed by atoms with van der Waals surface area (Å²) in [5, 5.41) is 27.1. The highest BCUT2D eigenvalue weighted by atomic mass is 15.0. The molecular formula is C50H29N5. The van der Waals surface area contributed by atoms with Gasteiger partial charge < -0.3 is 13.7 Å². The summed E-state index contributed by atoms with van der Waals surface area (Å²) in [6.45, 7) is 0. The minimum atomic E-state index is 0.585. The second-order valence-corrected chi connectivity index (χ2v) is 14.1. The Kier molecular flexibility index (Phi) is 6.61. The highest BCUT2D eigenvalue weighted by Crippen LogP contribution is 2.39. The zero-order chi connectivity index (χ0) is 36.6. The summed E-state index contributed by atoms with van der Waals surface area (Å²) < 4.78 is 6.87. The molecule has 0 unspecified atom stereocenters. The zero-order valence-corrected chi connectivity index (χ0v) is 29.5.